The summed E-state index contributed by atoms with van der Waals surface area (Å²) < 4.78 is 0. The van der Waals surface area contributed by atoms with Crippen molar-refractivity contribution in [3.63, 3.8) is 0 Å². The Morgan fingerprint density at radius 3 is 2.00 bits per heavy atom. The molecule has 1 saturated heterocycles. The lowest BCUT2D eigenvalue weighted by atomic mass is 10.1. The Balaban J connectivity index is 1.95. The van der Waals surface area contributed by atoms with Crippen LogP contribution in [0.15, 0.2) is 24.3 Å². The summed E-state index contributed by atoms with van der Waals surface area (Å²) in [6, 6.07) is 6.20. The van der Waals surface area contributed by atoms with Gasteiger partial charge in [0.15, 0.2) is 0 Å². The third-order valence-corrected chi connectivity index (χ3v) is 3.43. The first-order valence-corrected chi connectivity index (χ1v) is 6.60. The molecule has 7 nitrogen and oxygen atoms in total. The van der Waals surface area contributed by atoms with Gasteiger partial charge in [-0.25, -0.2) is 0 Å². The number of carboxylic acid groups (broad SMARTS) is 1. The lowest BCUT2D eigenvalue weighted by Gasteiger charge is -2.33. The summed E-state index contributed by atoms with van der Waals surface area (Å²) in [6.45, 7) is 2.05. The molecule has 1 aliphatic heterocycles. The maximum Gasteiger partial charge on any atom is 0.317 e. The number of piperazine rings is 1. The number of carbonyl (C=O) groups excluding carboxylic acids is 2. The fraction of sp³-hybridized carbons (Fsp3) is 0.357. The third-order valence-electron chi connectivity index (χ3n) is 3.43. The Bertz CT molecular complexity index is 548. The number of hydrogen-bond acceptors (Lipinski definition) is 4. The lowest BCUT2D eigenvalue weighted by molar-refractivity contribution is -0.138. The Morgan fingerprint density at radius 1 is 1.00 bits per heavy atom. The summed E-state index contributed by atoms with van der Waals surface area (Å²) >= 11 is 0. The van der Waals surface area contributed by atoms with E-state index in [1.54, 1.807) is 21.9 Å². The predicted octanol–water partition coefficient (Wildman–Crippen LogP) is -0.372. The normalized spacial score (nSPS) is 15.7. The highest BCUT2D eigenvalue weighted by molar-refractivity contribution is 5.97. The van der Waals surface area contributed by atoms with Crippen molar-refractivity contribution >= 4 is 17.8 Å². The second kappa shape index (κ2) is 6.36. The number of aliphatic carboxylic acids is 1. The Kier molecular flexibility index (Phi) is 4.54. The molecule has 0 saturated carbocycles. The molecule has 1 aromatic rings. The van der Waals surface area contributed by atoms with E-state index in [0.717, 1.165) is 0 Å². The summed E-state index contributed by atoms with van der Waals surface area (Å²) in [5.74, 6) is -1.52. The van der Waals surface area contributed by atoms with Crippen molar-refractivity contribution in [3.05, 3.63) is 35.4 Å². The van der Waals surface area contributed by atoms with Gasteiger partial charge in [-0.15, -0.1) is 0 Å². The van der Waals surface area contributed by atoms with Gasteiger partial charge in [-0.2, -0.15) is 0 Å². The molecule has 0 spiro atoms. The van der Waals surface area contributed by atoms with Crippen molar-refractivity contribution in [2.24, 2.45) is 5.73 Å². The monoisotopic (exact) mass is 291 g/mol. The van der Waals surface area contributed by atoms with Gasteiger partial charge in [0.25, 0.3) is 5.91 Å². The van der Waals surface area contributed by atoms with Crippen LogP contribution in [0, 0.1) is 0 Å². The summed E-state index contributed by atoms with van der Waals surface area (Å²) in [6.07, 6.45) is 0. The molecule has 2 amide bonds. The van der Waals surface area contributed by atoms with Crippen molar-refractivity contribution in [1.29, 1.82) is 0 Å². The minimum atomic E-state index is -0.864. The van der Waals surface area contributed by atoms with Gasteiger partial charge >= 0.3 is 5.97 Å². The SMILES string of the molecule is NC(=O)c1ccc(C(=O)N2CCN(CC(=O)O)CC2)cc1. The van der Waals surface area contributed by atoms with E-state index in [0.29, 0.717) is 37.3 Å². The second-order valence-corrected chi connectivity index (χ2v) is 4.90. The van der Waals surface area contributed by atoms with Gasteiger partial charge in [-0.1, -0.05) is 0 Å². The number of rotatable bonds is 4. The predicted molar refractivity (Wildman–Crippen MR) is 74.9 cm³/mol. The van der Waals surface area contributed by atoms with Gasteiger partial charge in [0.05, 0.1) is 6.54 Å². The highest BCUT2D eigenvalue weighted by Gasteiger charge is 2.23. The number of amides is 2. The third kappa shape index (κ3) is 3.79. The van der Waals surface area contributed by atoms with Gasteiger partial charge in [0, 0.05) is 37.3 Å². The summed E-state index contributed by atoms with van der Waals surface area (Å²) in [4.78, 5) is 37.4. The smallest absolute Gasteiger partial charge is 0.317 e. The average Bonchev–Trinajstić information content (AvgIpc) is 2.47. The molecule has 0 atom stereocenters. The summed E-state index contributed by atoms with van der Waals surface area (Å²) in [5.41, 5.74) is 6.00. The molecule has 1 aromatic carbocycles. The first-order chi connectivity index (χ1) is 9.97. The van der Waals surface area contributed by atoms with Crippen molar-refractivity contribution in [2.75, 3.05) is 32.7 Å². The van der Waals surface area contributed by atoms with E-state index in [1.165, 1.54) is 12.1 Å². The van der Waals surface area contributed by atoms with Crippen molar-refractivity contribution in [3.8, 4) is 0 Å². The van der Waals surface area contributed by atoms with Crippen molar-refractivity contribution in [2.45, 2.75) is 0 Å². The first-order valence-electron chi connectivity index (χ1n) is 6.60. The zero-order valence-corrected chi connectivity index (χ0v) is 11.5. The standard InChI is InChI=1S/C14H17N3O4/c15-13(20)10-1-3-11(4-2-10)14(21)17-7-5-16(6-8-17)9-12(18)19/h1-4H,5-9H2,(H2,15,20)(H,18,19). The van der Waals surface area contributed by atoms with Crippen molar-refractivity contribution in [1.82, 2.24) is 9.80 Å². The van der Waals surface area contributed by atoms with E-state index in [4.69, 9.17) is 10.8 Å². The van der Waals surface area contributed by atoms with Crippen LogP contribution in [0.3, 0.4) is 0 Å². The minimum absolute atomic E-state index is 0.00462. The minimum Gasteiger partial charge on any atom is -0.480 e. The largest absolute Gasteiger partial charge is 0.480 e. The van der Waals surface area contributed by atoms with Gasteiger partial charge in [0.2, 0.25) is 5.91 Å². The zero-order valence-electron chi connectivity index (χ0n) is 11.5. The first kappa shape index (κ1) is 15.0. The van der Waals surface area contributed by atoms with Crippen molar-refractivity contribution < 1.29 is 19.5 Å². The summed E-state index contributed by atoms with van der Waals surface area (Å²) in [7, 11) is 0. The van der Waals surface area contributed by atoms with Crippen LogP contribution in [0.4, 0.5) is 0 Å². The highest BCUT2D eigenvalue weighted by Crippen LogP contribution is 2.10. The van der Waals surface area contributed by atoms with E-state index >= 15 is 0 Å². The Labute approximate surface area is 121 Å². The molecule has 0 unspecified atom stereocenters. The molecular formula is C14H17N3O4. The number of benzene rings is 1. The molecule has 1 fully saturated rings. The molecule has 0 aliphatic carbocycles. The fourth-order valence-corrected chi connectivity index (χ4v) is 2.26. The number of carboxylic acids is 1. The molecular weight excluding hydrogens is 274 g/mol. The quantitative estimate of drug-likeness (QED) is 0.787. The molecule has 3 N–H and O–H groups in total. The van der Waals surface area contributed by atoms with Gasteiger partial charge < -0.3 is 15.7 Å². The van der Waals surface area contributed by atoms with E-state index in [1.807, 2.05) is 0 Å². The topological polar surface area (TPSA) is 104 Å². The molecule has 21 heavy (non-hydrogen) atoms. The highest BCUT2D eigenvalue weighted by atomic mass is 16.4. The van der Waals surface area contributed by atoms with Crippen LogP contribution < -0.4 is 5.73 Å². The van der Waals surface area contributed by atoms with Crippen LogP contribution in [0.5, 0.6) is 0 Å². The molecule has 1 aliphatic rings. The Hall–Kier alpha value is -2.41. The van der Waals surface area contributed by atoms with E-state index in [9.17, 15) is 14.4 Å². The second-order valence-electron chi connectivity index (χ2n) is 4.90. The van der Waals surface area contributed by atoms with E-state index < -0.39 is 11.9 Å². The number of nitrogens with zero attached hydrogens (tertiary/aromatic N) is 2. The maximum atomic E-state index is 12.3. The van der Waals surface area contributed by atoms with Gasteiger partial charge in [0.1, 0.15) is 0 Å². The summed E-state index contributed by atoms with van der Waals surface area (Å²) in [5, 5.41) is 8.73. The van der Waals surface area contributed by atoms with E-state index in [2.05, 4.69) is 0 Å². The molecule has 1 heterocycles. The molecule has 0 radical (unpaired) electrons. The Morgan fingerprint density at radius 2 is 1.52 bits per heavy atom. The van der Waals surface area contributed by atoms with Crippen LogP contribution in [0.1, 0.15) is 20.7 Å². The molecule has 112 valence electrons. The molecule has 0 bridgehead atoms. The maximum absolute atomic E-state index is 12.3. The lowest BCUT2D eigenvalue weighted by Crippen LogP contribution is -2.49. The number of hydrogen-bond donors (Lipinski definition) is 2. The molecule has 7 heteroatoms. The molecule has 2 rings (SSSR count). The average molecular weight is 291 g/mol. The van der Waals surface area contributed by atoms with Crippen LogP contribution >= 0.6 is 0 Å². The van der Waals surface area contributed by atoms with Gasteiger partial charge in [-0.05, 0) is 24.3 Å². The van der Waals surface area contributed by atoms with Crippen LogP contribution in [-0.2, 0) is 4.79 Å². The number of primary amides is 1. The van der Waals surface area contributed by atoms with Gasteiger partial charge in [-0.3, -0.25) is 19.3 Å². The number of nitrogens with two attached hydrogens (primary N) is 1. The van der Waals surface area contributed by atoms with Crippen LogP contribution in [0.25, 0.3) is 0 Å². The zero-order chi connectivity index (χ0) is 15.4. The number of carbonyl (C=O) groups is 3. The fourth-order valence-electron chi connectivity index (χ4n) is 2.26. The molecule has 0 aromatic heterocycles. The van der Waals surface area contributed by atoms with E-state index in [-0.39, 0.29) is 12.5 Å². The van der Waals surface area contributed by atoms with Crippen LogP contribution in [-0.4, -0.2) is 65.4 Å². The van der Waals surface area contributed by atoms with Crippen LogP contribution in [0.2, 0.25) is 0 Å².